The van der Waals surface area contributed by atoms with E-state index in [9.17, 15) is 14.4 Å². The molecule has 1 aliphatic rings. The third-order valence-electron chi connectivity index (χ3n) is 4.17. The minimum Gasteiger partial charge on any atom is -0.497 e. The monoisotopic (exact) mass is 382 g/mol. The molecule has 8 nitrogen and oxygen atoms in total. The van der Waals surface area contributed by atoms with Crippen LogP contribution in [0.1, 0.15) is 5.56 Å². The van der Waals surface area contributed by atoms with Crippen LogP contribution in [0.5, 0.6) is 17.2 Å². The maximum Gasteiger partial charge on any atom is 0.335 e. The Morgan fingerprint density at radius 3 is 2.11 bits per heavy atom. The van der Waals surface area contributed by atoms with Crippen LogP contribution in [0.2, 0.25) is 0 Å². The molecule has 4 amide bonds. The smallest absolute Gasteiger partial charge is 0.335 e. The lowest BCUT2D eigenvalue weighted by Gasteiger charge is -2.26. The number of hydrogen-bond donors (Lipinski definition) is 1. The number of barbiturate groups is 1. The van der Waals surface area contributed by atoms with E-state index in [0.717, 1.165) is 4.90 Å². The van der Waals surface area contributed by atoms with Crippen molar-refractivity contribution in [2.45, 2.75) is 0 Å². The van der Waals surface area contributed by atoms with Gasteiger partial charge in [-0.05, 0) is 48.5 Å². The Morgan fingerprint density at radius 1 is 0.857 bits per heavy atom. The molecule has 1 saturated heterocycles. The Balaban J connectivity index is 2.03. The SMILES string of the molecule is COc1ccc(N2C(=O)NC(=O)/C(=C\c3cc(OC)ccc3OC)C2=O)cc1. The van der Waals surface area contributed by atoms with E-state index in [-0.39, 0.29) is 5.57 Å². The van der Waals surface area contributed by atoms with Gasteiger partial charge in [-0.25, -0.2) is 9.69 Å². The molecule has 2 aromatic carbocycles. The quantitative estimate of drug-likeness (QED) is 0.630. The van der Waals surface area contributed by atoms with Gasteiger partial charge < -0.3 is 14.2 Å². The third kappa shape index (κ3) is 3.52. The molecule has 0 aliphatic carbocycles. The van der Waals surface area contributed by atoms with E-state index in [0.29, 0.717) is 28.5 Å². The summed E-state index contributed by atoms with van der Waals surface area (Å²) in [6, 6.07) is 10.5. The van der Waals surface area contributed by atoms with Gasteiger partial charge in [0.15, 0.2) is 0 Å². The van der Waals surface area contributed by atoms with Gasteiger partial charge in [-0.2, -0.15) is 0 Å². The first kappa shape index (κ1) is 19.0. The molecule has 0 bridgehead atoms. The second kappa shape index (κ2) is 7.83. The van der Waals surface area contributed by atoms with E-state index >= 15 is 0 Å². The van der Waals surface area contributed by atoms with Crippen molar-refractivity contribution in [2.24, 2.45) is 0 Å². The number of methoxy groups -OCH3 is 3. The summed E-state index contributed by atoms with van der Waals surface area (Å²) >= 11 is 0. The molecular weight excluding hydrogens is 364 g/mol. The van der Waals surface area contributed by atoms with Gasteiger partial charge in [-0.3, -0.25) is 14.9 Å². The van der Waals surface area contributed by atoms with Crippen LogP contribution in [0.3, 0.4) is 0 Å². The Labute approximate surface area is 161 Å². The normalized spacial score (nSPS) is 15.5. The number of rotatable bonds is 5. The maximum absolute atomic E-state index is 12.9. The van der Waals surface area contributed by atoms with Crippen molar-refractivity contribution < 1.29 is 28.6 Å². The molecule has 144 valence electrons. The highest BCUT2D eigenvalue weighted by Crippen LogP contribution is 2.29. The molecule has 1 heterocycles. The summed E-state index contributed by atoms with van der Waals surface area (Å²) in [5.74, 6) is 0.0104. The van der Waals surface area contributed by atoms with Gasteiger partial charge >= 0.3 is 6.03 Å². The summed E-state index contributed by atoms with van der Waals surface area (Å²) in [4.78, 5) is 38.4. The van der Waals surface area contributed by atoms with Crippen molar-refractivity contribution in [1.29, 1.82) is 0 Å². The highest BCUT2D eigenvalue weighted by Gasteiger charge is 2.37. The molecule has 2 aromatic rings. The number of benzene rings is 2. The van der Waals surface area contributed by atoms with Crippen molar-refractivity contribution in [2.75, 3.05) is 26.2 Å². The summed E-state index contributed by atoms with van der Waals surface area (Å²) in [6.07, 6.45) is 1.36. The number of anilines is 1. The van der Waals surface area contributed by atoms with Crippen LogP contribution in [0, 0.1) is 0 Å². The largest absolute Gasteiger partial charge is 0.497 e. The lowest BCUT2D eigenvalue weighted by atomic mass is 10.1. The zero-order chi connectivity index (χ0) is 20.3. The number of amides is 4. The molecule has 3 rings (SSSR count). The molecule has 8 heteroatoms. The second-order valence-electron chi connectivity index (χ2n) is 5.76. The summed E-state index contributed by atoms with van der Waals surface area (Å²) in [5.41, 5.74) is 0.561. The van der Waals surface area contributed by atoms with Crippen molar-refractivity contribution >= 4 is 29.6 Å². The van der Waals surface area contributed by atoms with Crippen LogP contribution < -0.4 is 24.4 Å². The standard InChI is InChI=1S/C20H18N2O6/c1-26-14-6-4-13(5-7-14)22-19(24)16(18(23)21-20(22)25)11-12-10-15(27-2)8-9-17(12)28-3/h4-11H,1-3H3,(H,21,23,25)/b16-11+. The Kier molecular flexibility index (Phi) is 5.30. The van der Waals surface area contributed by atoms with Crippen LogP contribution in [0.4, 0.5) is 10.5 Å². The minimum absolute atomic E-state index is 0.207. The summed E-state index contributed by atoms with van der Waals surface area (Å²) in [6.45, 7) is 0. The summed E-state index contributed by atoms with van der Waals surface area (Å²) in [5, 5.41) is 2.18. The van der Waals surface area contributed by atoms with E-state index < -0.39 is 17.8 Å². The Morgan fingerprint density at radius 2 is 1.50 bits per heavy atom. The topological polar surface area (TPSA) is 94.2 Å². The van der Waals surface area contributed by atoms with Crippen LogP contribution in [-0.4, -0.2) is 39.2 Å². The first-order valence-electron chi connectivity index (χ1n) is 8.26. The second-order valence-corrected chi connectivity index (χ2v) is 5.76. The number of carbonyl (C=O) groups excluding carboxylic acids is 3. The molecule has 1 fully saturated rings. The molecule has 1 aliphatic heterocycles. The zero-order valence-corrected chi connectivity index (χ0v) is 15.5. The number of imide groups is 2. The number of carbonyl (C=O) groups is 3. The predicted octanol–water partition coefficient (Wildman–Crippen LogP) is 2.38. The first-order valence-corrected chi connectivity index (χ1v) is 8.26. The molecule has 0 aromatic heterocycles. The highest BCUT2D eigenvalue weighted by molar-refractivity contribution is 6.39. The zero-order valence-electron chi connectivity index (χ0n) is 15.5. The Bertz CT molecular complexity index is 965. The number of nitrogens with zero attached hydrogens (tertiary/aromatic N) is 1. The van der Waals surface area contributed by atoms with E-state index in [1.165, 1.54) is 27.4 Å². The number of urea groups is 1. The molecule has 0 atom stereocenters. The summed E-state index contributed by atoms with van der Waals surface area (Å²) < 4.78 is 15.5. The molecular formula is C20H18N2O6. The van der Waals surface area contributed by atoms with Crippen molar-refractivity contribution in [3.8, 4) is 17.2 Å². The van der Waals surface area contributed by atoms with Gasteiger partial charge in [0, 0.05) is 5.56 Å². The van der Waals surface area contributed by atoms with Crippen molar-refractivity contribution in [3.63, 3.8) is 0 Å². The number of hydrogen-bond acceptors (Lipinski definition) is 6. The lowest BCUT2D eigenvalue weighted by molar-refractivity contribution is -0.122. The van der Waals surface area contributed by atoms with Crippen molar-refractivity contribution in [1.82, 2.24) is 5.32 Å². The van der Waals surface area contributed by atoms with Gasteiger partial charge in [0.25, 0.3) is 11.8 Å². The third-order valence-corrected chi connectivity index (χ3v) is 4.17. The average molecular weight is 382 g/mol. The van der Waals surface area contributed by atoms with E-state index in [1.807, 2.05) is 0 Å². The van der Waals surface area contributed by atoms with Gasteiger partial charge in [-0.15, -0.1) is 0 Å². The highest BCUT2D eigenvalue weighted by atomic mass is 16.5. The number of ether oxygens (including phenoxy) is 3. The molecule has 1 N–H and O–H groups in total. The van der Waals surface area contributed by atoms with Gasteiger partial charge in [-0.1, -0.05) is 0 Å². The van der Waals surface area contributed by atoms with Crippen LogP contribution in [0.15, 0.2) is 48.0 Å². The molecule has 0 radical (unpaired) electrons. The van der Waals surface area contributed by atoms with Gasteiger partial charge in [0.1, 0.15) is 22.8 Å². The van der Waals surface area contributed by atoms with Crippen LogP contribution in [-0.2, 0) is 9.59 Å². The van der Waals surface area contributed by atoms with Gasteiger partial charge in [0.05, 0.1) is 27.0 Å². The molecule has 0 spiro atoms. The average Bonchev–Trinajstić information content (AvgIpc) is 2.71. The fraction of sp³-hybridized carbons (Fsp3) is 0.150. The van der Waals surface area contributed by atoms with Crippen LogP contribution in [0.25, 0.3) is 6.08 Å². The number of nitrogens with one attached hydrogen (secondary N) is 1. The van der Waals surface area contributed by atoms with Gasteiger partial charge in [0.2, 0.25) is 0 Å². The Hall–Kier alpha value is -3.81. The fourth-order valence-electron chi connectivity index (χ4n) is 2.73. The predicted molar refractivity (Wildman–Crippen MR) is 102 cm³/mol. The molecule has 0 unspecified atom stereocenters. The fourth-order valence-corrected chi connectivity index (χ4v) is 2.73. The van der Waals surface area contributed by atoms with Crippen LogP contribution >= 0.6 is 0 Å². The molecule has 0 saturated carbocycles. The van der Waals surface area contributed by atoms with Crippen molar-refractivity contribution in [3.05, 3.63) is 53.6 Å². The maximum atomic E-state index is 12.9. The minimum atomic E-state index is -0.824. The first-order chi connectivity index (χ1) is 13.5. The van der Waals surface area contributed by atoms with E-state index in [2.05, 4.69) is 5.32 Å². The van der Waals surface area contributed by atoms with E-state index in [4.69, 9.17) is 14.2 Å². The molecule has 28 heavy (non-hydrogen) atoms. The summed E-state index contributed by atoms with van der Waals surface area (Å²) in [7, 11) is 4.48. The lowest BCUT2D eigenvalue weighted by Crippen LogP contribution is -2.54. The van der Waals surface area contributed by atoms with E-state index in [1.54, 1.807) is 42.5 Å².